The van der Waals surface area contributed by atoms with Gasteiger partial charge in [0, 0.05) is 19.0 Å². The second-order valence-corrected chi connectivity index (χ2v) is 8.48. The number of Topliss-reactive ketones (excluding diaryl/α,β-unsaturated/α-hetero) is 1. The lowest BCUT2D eigenvalue weighted by molar-refractivity contribution is -0.128. The normalized spacial score (nSPS) is 17.0. The minimum absolute atomic E-state index is 0.000463. The molecule has 1 amide bonds. The Bertz CT molecular complexity index is 1130. The summed E-state index contributed by atoms with van der Waals surface area (Å²) in [6, 6.07) is 16.4. The Hall–Kier alpha value is -3.48. The number of benzene rings is 2. The number of piperidine rings is 1. The molecule has 1 aromatic heterocycles. The first-order chi connectivity index (χ1) is 15.5. The molecule has 3 aromatic rings. The number of likely N-dealkylation sites (tertiary alicyclic amines) is 1. The van der Waals surface area contributed by atoms with Crippen LogP contribution in [0.2, 0.25) is 0 Å². The number of halogens is 1. The Kier molecular flexibility index (Phi) is 5.04. The van der Waals surface area contributed by atoms with Crippen LogP contribution in [0.3, 0.4) is 0 Å². The van der Waals surface area contributed by atoms with Crippen molar-refractivity contribution in [3.8, 4) is 11.1 Å². The minimum atomic E-state index is -0.926. The molecule has 2 aliphatic rings. The van der Waals surface area contributed by atoms with E-state index in [1.165, 1.54) is 28.9 Å². The summed E-state index contributed by atoms with van der Waals surface area (Å²) in [5.41, 5.74) is 3.76. The molecule has 1 aliphatic carbocycles. The highest BCUT2D eigenvalue weighted by molar-refractivity contribution is 5.84. The molecule has 1 aliphatic heterocycles. The largest absolute Gasteiger partial charge is 0.448 e. The number of carbonyl (C=O) groups is 2. The van der Waals surface area contributed by atoms with Gasteiger partial charge < -0.3 is 9.64 Å². The number of rotatable bonds is 4. The van der Waals surface area contributed by atoms with Gasteiger partial charge in [0.2, 0.25) is 0 Å². The summed E-state index contributed by atoms with van der Waals surface area (Å²) >= 11 is 0. The van der Waals surface area contributed by atoms with Gasteiger partial charge in [-0.3, -0.25) is 9.48 Å². The number of aromatic nitrogens is 2. The molecule has 0 unspecified atom stereocenters. The van der Waals surface area contributed by atoms with Crippen LogP contribution in [0.25, 0.3) is 11.1 Å². The number of hydrogen-bond acceptors (Lipinski definition) is 4. The van der Waals surface area contributed by atoms with Crippen LogP contribution in [0.5, 0.6) is 0 Å². The maximum absolute atomic E-state index is 13.5. The van der Waals surface area contributed by atoms with E-state index < -0.39 is 17.4 Å². The van der Waals surface area contributed by atoms with Crippen molar-refractivity contribution >= 4 is 11.9 Å². The van der Waals surface area contributed by atoms with Crippen LogP contribution in [-0.2, 0) is 15.1 Å². The Morgan fingerprint density at radius 3 is 2.19 bits per heavy atom. The van der Waals surface area contributed by atoms with E-state index in [1.54, 1.807) is 4.90 Å². The zero-order valence-corrected chi connectivity index (χ0v) is 17.8. The van der Waals surface area contributed by atoms with E-state index in [2.05, 4.69) is 29.4 Å². The van der Waals surface area contributed by atoms with Crippen molar-refractivity contribution in [2.24, 2.45) is 0 Å². The van der Waals surface area contributed by atoms with E-state index in [1.807, 2.05) is 24.3 Å². The topological polar surface area (TPSA) is 64.4 Å². The van der Waals surface area contributed by atoms with Gasteiger partial charge in [0.05, 0.1) is 12.4 Å². The number of ketones is 1. The zero-order chi connectivity index (χ0) is 22.3. The highest BCUT2D eigenvalue weighted by Crippen LogP contribution is 2.44. The van der Waals surface area contributed by atoms with Gasteiger partial charge in [0.1, 0.15) is 12.1 Å². The monoisotopic (exact) mass is 433 g/mol. The minimum Gasteiger partial charge on any atom is -0.448 e. The number of fused-ring (bicyclic) bond motifs is 3. The van der Waals surface area contributed by atoms with Gasteiger partial charge >= 0.3 is 6.09 Å². The van der Waals surface area contributed by atoms with Crippen molar-refractivity contribution in [2.75, 3.05) is 19.7 Å². The molecule has 5 rings (SSSR count). The van der Waals surface area contributed by atoms with E-state index >= 15 is 0 Å². The molecule has 2 heterocycles. The van der Waals surface area contributed by atoms with E-state index in [0.717, 1.165) is 17.3 Å². The number of amides is 1. The Morgan fingerprint density at radius 1 is 1.06 bits per heavy atom. The zero-order valence-electron chi connectivity index (χ0n) is 17.8. The van der Waals surface area contributed by atoms with Crippen molar-refractivity contribution in [2.45, 2.75) is 31.2 Å². The SMILES string of the molecule is CC(=O)C1(n2cc(F)cn2)CCN(C(=O)OCC2c3ccccc3-c3ccccc32)CC1. The molecular formula is C25H24FN3O3. The van der Waals surface area contributed by atoms with Crippen LogP contribution < -0.4 is 0 Å². The highest BCUT2D eigenvalue weighted by Gasteiger charge is 2.43. The van der Waals surface area contributed by atoms with Crippen LogP contribution in [0.1, 0.15) is 36.8 Å². The number of hydrogen-bond donors (Lipinski definition) is 0. The third-order valence-corrected chi connectivity index (χ3v) is 6.83. The fourth-order valence-corrected chi connectivity index (χ4v) is 5.02. The van der Waals surface area contributed by atoms with Crippen LogP contribution in [-0.4, -0.2) is 46.3 Å². The van der Waals surface area contributed by atoms with Gasteiger partial charge in [-0.2, -0.15) is 5.10 Å². The third kappa shape index (κ3) is 3.28. The molecule has 0 saturated carbocycles. The van der Waals surface area contributed by atoms with Crippen LogP contribution in [0, 0.1) is 5.82 Å². The fraction of sp³-hybridized carbons (Fsp3) is 0.320. The lowest BCUT2D eigenvalue weighted by Gasteiger charge is -2.39. The summed E-state index contributed by atoms with van der Waals surface area (Å²) < 4.78 is 20.6. The molecule has 0 N–H and O–H groups in total. The molecule has 7 heteroatoms. The highest BCUT2D eigenvalue weighted by atomic mass is 19.1. The average molecular weight is 433 g/mol. The Morgan fingerprint density at radius 2 is 1.66 bits per heavy atom. The molecule has 2 aromatic carbocycles. The second-order valence-electron chi connectivity index (χ2n) is 8.48. The molecule has 0 atom stereocenters. The van der Waals surface area contributed by atoms with Gasteiger partial charge in [-0.05, 0) is 42.0 Å². The van der Waals surface area contributed by atoms with Crippen LogP contribution >= 0.6 is 0 Å². The van der Waals surface area contributed by atoms with Crippen molar-refractivity contribution in [1.82, 2.24) is 14.7 Å². The maximum atomic E-state index is 13.5. The molecule has 164 valence electrons. The molecule has 6 nitrogen and oxygen atoms in total. The molecular weight excluding hydrogens is 409 g/mol. The quantitative estimate of drug-likeness (QED) is 0.614. The van der Waals surface area contributed by atoms with Crippen molar-refractivity contribution in [3.05, 3.63) is 77.9 Å². The summed E-state index contributed by atoms with van der Waals surface area (Å²) in [5.74, 6) is -0.572. The predicted molar refractivity (Wildman–Crippen MR) is 117 cm³/mol. The van der Waals surface area contributed by atoms with Gasteiger partial charge in [-0.15, -0.1) is 0 Å². The van der Waals surface area contributed by atoms with Crippen LogP contribution in [0.15, 0.2) is 60.9 Å². The molecule has 0 spiro atoms. The van der Waals surface area contributed by atoms with Crippen molar-refractivity contribution < 1.29 is 18.7 Å². The molecule has 1 fully saturated rings. The van der Waals surface area contributed by atoms with Crippen LogP contribution in [0.4, 0.5) is 9.18 Å². The first-order valence-electron chi connectivity index (χ1n) is 10.8. The van der Waals surface area contributed by atoms with Crippen molar-refractivity contribution in [1.29, 1.82) is 0 Å². The molecule has 0 bridgehead atoms. The Labute approximate surface area is 185 Å². The summed E-state index contributed by atoms with van der Waals surface area (Å²) in [4.78, 5) is 26.9. The molecule has 0 radical (unpaired) electrons. The smallest absolute Gasteiger partial charge is 0.409 e. The first-order valence-corrected chi connectivity index (χ1v) is 10.8. The summed E-state index contributed by atoms with van der Waals surface area (Å²) in [7, 11) is 0. The van der Waals surface area contributed by atoms with Gasteiger partial charge in [-0.1, -0.05) is 48.5 Å². The lowest BCUT2D eigenvalue weighted by Crippen LogP contribution is -2.52. The maximum Gasteiger partial charge on any atom is 0.409 e. The molecule has 32 heavy (non-hydrogen) atoms. The van der Waals surface area contributed by atoms with E-state index in [0.29, 0.717) is 25.9 Å². The predicted octanol–water partition coefficient (Wildman–Crippen LogP) is 4.35. The van der Waals surface area contributed by atoms with E-state index in [-0.39, 0.29) is 18.3 Å². The summed E-state index contributed by atoms with van der Waals surface area (Å²) in [5, 5.41) is 4.02. The van der Waals surface area contributed by atoms with Gasteiger partial charge in [0.25, 0.3) is 0 Å². The van der Waals surface area contributed by atoms with Crippen molar-refractivity contribution in [3.63, 3.8) is 0 Å². The Balaban J connectivity index is 1.27. The summed E-state index contributed by atoms with van der Waals surface area (Å²) in [6.45, 7) is 2.43. The molecule has 1 saturated heterocycles. The fourth-order valence-electron chi connectivity index (χ4n) is 5.02. The van der Waals surface area contributed by atoms with Gasteiger partial charge in [0.15, 0.2) is 11.6 Å². The number of carbonyl (C=O) groups excluding carboxylic acids is 2. The lowest BCUT2D eigenvalue weighted by atomic mass is 9.84. The first kappa shape index (κ1) is 20.4. The van der Waals surface area contributed by atoms with E-state index in [4.69, 9.17) is 4.74 Å². The average Bonchev–Trinajstić information content (AvgIpc) is 3.39. The third-order valence-electron chi connectivity index (χ3n) is 6.83. The summed E-state index contributed by atoms with van der Waals surface area (Å²) in [6.07, 6.45) is 2.68. The number of ether oxygens (including phenoxy) is 1. The number of nitrogens with zero attached hydrogens (tertiary/aromatic N) is 3. The second kappa shape index (κ2) is 7.89. The standard InChI is InChI=1S/C25H24FN3O3/c1-17(30)25(29-15-18(26)14-27-29)10-12-28(13-11-25)24(31)32-16-23-21-8-4-2-6-19(21)20-7-3-5-9-22(20)23/h2-9,14-15,23H,10-13,16H2,1H3. The van der Waals surface area contributed by atoms with Gasteiger partial charge in [-0.25, -0.2) is 9.18 Å². The van der Waals surface area contributed by atoms with E-state index in [9.17, 15) is 14.0 Å².